The molecule has 0 amide bonds. The molecule has 0 bridgehead atoms. The highest BCUT2D eigenvalue weighted by Crippen LogP contribution is 2.47. The fourth-order valence-corrected chi connectivity index (χ4v) is 10.4. The third-order valence-corrected chi connectivity index (χ3v) is 13.1. The Morgan fingerprint density at radius 2 is 1.19 bits per heavy atom. The van der Waals surface area contributed by atoms with Gasteiger partial charge in [0.1, 0.15) is 11.3 Å². The van der Waals surface area contributed by atoms with Crippen molar-refractivity contribution < 1.29 is 4.42 Å². The number of furan rings is 1. The van der Waals surface area contributed by atoms with Crippen LogP contribution in [-0.2, 0) is 6.42 Å². The number of hydrogen-bond acceptors (Lipinski definition) is 3. The summed E-state index contributed by atoms with van der Waals surface area (Å²) < 4.78 is 11.5. The first kappa shape index (κ1) is 33.0. The van der Waals surface area contributed by atoms with Gasteiger partial charge in [0.2, 0.25) is 0 Å². The molecule has 12 rings (SSSR count). The summed E-state index contributed by atoms with van der Waals surface area (Å²) in [5, 5.41) is 6.26. The Balaban J connectivity index is 1.03. The highest BCUT2D eigenvalue weighted by atomic mass is 32.1. The number of anilines is 2. The maximum Gasteiger partial charge on any atom is 0.134 e. The van der Waals surface area contributed by atoms with Gasteiger partial charge in [0, 0.05) is 55.0 Å². The number of aromatic nitrogens is 1. The number of fused-ring (bicyclic) bond motifs is 9. The molecule has 8 aromatic carbocycles. The van der Waals surface area contributed by atoms with Crippen molar-refractivity contribution in [2.75, 3.05) is 4.90 Å². The van der Waals surface area contributed by atoms with Gasteiger partial charge in [0.05, 0.1) is 27.5 Å². The molecular formula is C54H36N2OS. The second-order valence-corrected chi connectivity index (χ2v) is 16.3. The molecule has 3 nitrogen and oxygen atoms in total. The van der Waals surface area contributed by atoms with Crippen molar-refractivity contribution in [2.24, 2.45) is 0 Å². The molecule has 58 heavy (non-hydrogen) atoms. The third-order valence-electron chi connectivity index (χ3n) is 11.9. The molecule has 0 spiro atoms. The number of benzene rings is 8. The molecule has 0 saturated heterocycles. The summed E-state index contributed by atoms with van der Waals surface area (Å²) >= 11 is 1.88. The first-order chi connectivity index (χ1) is 28.7. The third kappa shape index (κ3) is 5.26. The van der Waals surface area contributed by atoms with Gasteiger partial charge in [0.15, 0.2) is 0 Å². The van der Waals surface area contributed by atoms with E-state index in [2.05, 4.69) is 210 Å². The van der Waals surface area contributed by atoms with Crippen molar-refractivity contribution in [3.05, 3.63) is 205 Å². The van der Waals surface area contributed by atoms with Crippen LogP contribution in [0.15, 0.2) is 199 Å². The lowest BCUT2D eigenvalue weighted by Gasteiger charge is -2.34. The number of nitrogens with zero attached hydrogens (tertiary/aromatic N) is 2. The zero-order valence-corrected chi connectivity index (χ0v) is 32.4. The van der Waals surface area contributed by atoms with Crippen molar-refractivity contribution in [1.82, 2.24) is 4.57 Å². The van der Waals surface area contributed by atoms with E-state index >= 15 is 0 Å². The molecule has 0 saturated carbocycles. The summed E-state index contributed by atoms with van der Waals surface area (Å²) in [6, 6.07) is 68.3. The van der Waals surface area contributed by atoms with Crippen molar-refractivity contribution >= 4 is 81.7 Å². The quantitative estimate of drug-likeness (QED) is 0.168. The monoisotopic (exact) mass is 760 g/mol. The average molecular weight is 761 g/mol. The molecule has 3 aromatic heterocycles. The fraction of sp³-hybridized carbons (Fsp3) is 0.0370. The van der Waals surface area contributed by atoms with Crippen LogP contribution in [0.2, 0.25) is 0 Å². The summed E-state index contributed by atoms with van der Waals surface area (Å²) in [6.07, 6.45) is 5.41. The van der Waals surface area contributed by atoms with Crippen LogP contribution < -0.4 is 4.90 Å². The van der Waals surface area contributed by atoms with E-state index in [4.69, 9.17) is 4.42 Å². The van der Waals surface area contributed by atoms with E-state index in [1.807, 2.05) is 11.3 Å². The largest absolute Gasteiger partial charge is 0.460 e. The Labute approximate surface area is 340 Å². The summed E-state index contributed by atoms with van der Waals surface area (Å²) in [5.41, 5.74) is 12.8. The van der Waals surface area contributed by atoms with E-state index < -0.39 is 0 Å². The zero-order chi connectivity index (χ0) is 38.2. The van der Waals surface area contributed by atoms with Gasteiger partial charge in [-0.3, -0.25) is 0 Å². The number of rotatable bonds is 6. The Morgan fingerprint density at radius 1 is 0.517 bits per heavy atom. The normalized spacial score (nSPS) is 13.9. The van der Waals surface area contributed by atoms with E-state index in [1.54, 1.807) is 0 Å². The number of hydrogen-bond donors (Lipinski definition) is 0. The summed E-state index contributed by atoms with van der Waals surface area (Å²) in [6.45, 7) is 0. The highest BCUT2D eigenvalue weighted by Gasteiger charge is 2.29. The Morgan fingerprint density at radius 3 is 2.03 bits per heavy atom. The Kier molecular flexibility index (Phi) is 7.54. The van der Waals surface area contributed by atoms with Gasteiger partial charge in [-0.2, -0.15) is 0 Å². The van der Waals surface area contributed by atoms with Crippen LogP contribution in [0.25, 0.3) is 87.0 Å². The molecule has 1 aliphatic carbocycles. The van der Waals surface area contributed by atoms with Gasteiger partial charge in [-0.15, -0.1) is 11.3 Å². The maximum atomic E-state index is 6.57. The molecule has 4 heteroatoms. The molecule has 274 valence electrons. The minimum absolute atomic E-state index is 0.0243. The van der Waals surface area contributed by atoms with Gasteiger partial charge in [0.25, 0.3) is 0 Å². The van der Waals surface area contributed by atoms with Gasteiger partial charge in [-0.25, -0.2) is 0 Å². The maximum absolute atomic E-state index is 6.57. The molecule has 11 aromatic rings. The van der Waals surface area contributed by atoms with E-state index in [-0.39, 0.29) is 6.04 Å². The van der Waals surface area contributed by atoms with Crippen LogP contribution in [0.1, 0.15) is 11.3 Å². The van der Waals surface area contributed by atoms with Crippen LogP contribution in [0.5, 0.6) is 0 Å². The molecule has 0 fully saturated rings. The first-order valence-corrected chi connectivity index (χ1v) is 20.7. The summed E-state index contributed by atoms with van der Waals surface area (Å²) in [4.78, 5) is 2.55. The van der Waals surface area contributed by atoms with Crippen molar-refractivity contribution in [2.45, 2.75) is 12.5 Å². The average Bonchev–Trinajstić information content (AvgIpc) is 3.96. The van der Waals surface area contributed by atoms with Crippen LogP contribution >= 0.6 is 11.3 Å². The number of thiophene rings is 1. The predicted molar refractivity (Wildman–Crippen MR) is 246 cm³/mol. The van der Waals surface area contributed by atoms with Crippen molar-refractivity contribution in [3.8, 4) is 27.9 Å². The van der Waals surface area contributed by atoms with E-state index in [0.717, 1.165) is 29.1 Å². The van der Waals surface area contributed by atoms with Gasteiger partial charge in [-0.05, 0) is 82.9 Å². The Hall–Kier alpha value is -7.14. The van der Waals surface area contributed by atoms with Crippen LogP contribution in [0.3, 0.4) is 0 Å². The second-order valence-electron chi connectivity index (χ2n) is 15.2. The van der Waals surface area contributed by atoms with Gasteiger partial charge < -0.3 is 13.9 Å². The molecule has 3 heterocycles. The van der Waals surface area contributed by atoms with Crippen molar-refractivity contribution in [1.29, 1.82) is 0 Å². The standard InChI is InChI=1S/C54H36N2OS/c1-3-13-35(14-4-1)38-31-47-46-19-9-12-22-53(46)58-54(47)50(33-38)55(41-28-30-45-44-18-8-11-21-51(44)57-52(45)34-41)40-26-23-36(24-27-40)37-25-29-43-42-17-7-10-20-48(42)56(49(43)32-37)39-15-5-2-6-16-39/h1-33,41H,34H2. The predicted octanol–water partition coefficient (Wildman–Crippen LogP) is 15.0. The van der Waals surface area contributed by atoms with Crippen LogP contribution in [-0.4, -0.2) is 10.6 Å². The second kappa shape index (κ2) is 13.2. The zero-order valence-electron chi connectivity index (χ0n) is 31.5. The lowest BCUT2D eigenvalue weighted by Crippen LogP contribution is -2.32. The minimum Gasteiger partial charge on any atom is -0.460 e. The molecule has 1 aliphatic rings. The van der Waals surface area contributed by atoms with E-state index in [0.29, 0.717) is 0 Å². The smallest absolute Gasteiger partial charge is 0.134 e. The van der Waals surface area contributed by atoms with Crippen LogP contribution in [0, 0.1) is 0 Å². The van der Waals surface area contributed by atoms with Gasteiger partial charge >= 0.3 is 0 Å². The van der Waals surface area contributed by atoms with E-state index in [9.17, 15) is 0 Å². The minimum atomic E-state index is 0.0243. The number of para-hydroxylation sites is 3. The van der Waals surface area contributed by atoms with Crippen LogP contribution in [0.4, 0.5) is 11.4 Å². The van der Waals surface area contributed by atoms with Gasteiger partial charge in [-0.1, -0.05) is 140 Å². The Bertz CT molecular complexity index is 3370. The molecule has 1 unspecified atom stereocenters. The molecule has 0 N–H and O–H groups in total. The topological polar surface area (TPSA) is 21.3 Å². The lowest BCUT2D eigenvalue weighted by molar-refractivity contribution is 0.529. The molecule has 0 radical (unpaired) electrons. The first-order valence-electron chi connectivity index (χ1n) is 19.9. The highest BCUT2D eigenvalue weighted by molar-refractivity contribution is 7.26. The van der Waals surface area contributed by atoms with E-state index in [1.165, 1.54) is 80.9 Å². The molecule has 1 atom stereocenters. The molecule has 0 aliphatic heterocycles. The lowest BCUT2D eigenvalue weighted by atomic mass is 9.95. The SMILES string of the molecule is C1=CC(N(c2ccc(-c3ccc4c5ccccc5n(-c5ccccc5)c4c3)cc2)c2cc(-c3ccccc3)cc3c2sc2ccccc23)Cc2oc3ccccc3c21. The molecular weight excluding hydrogens is 725 g/mol. The fourth-order valence-electron chi connectivity index (χ4n) is 9.21. The summed E-state index contributed by atoms with van der Waals surface area (Å²) in [5.74, 6) is 1.03. The summed E-state index contributed by atoms with van der Waals surface area (Å²) in [7, 11) is 0. The van der Waals surface area contributed by atoms with Crippen molar-refractivity contribution in [3.63, 3.8) is 0 Å².